The van der Waals surface area contributed by atoms with Crippen molar-refractivity contribution in [1.82, 2.24) is 9.99 Å². The van der Waals surface area contributed by atoms with Gasteiger partial charge in [0.15, 0.2) is 0 Å². The van der Waals surface area contributed by atoms with E-state index in [0.29, 0.717) is 6.42 Å². The standard InChI is InChI=1S/C24H26BrN3OS/c1-16-10-11-22(17(2)14-16)28-18(3)21(24(25)19(28)4)15-26-27-23(29)12-13-30-20-8-6-5-7-9-20/h5-11,14-15H,12-13H2,1-4H3,(H,27,29)/b26-15-. The van der Waals surface area contributed by atoms with Crippen molar-refractivity contribution in [2.24, 2.45) is 5.10 Å². The molecular formula is C24H26BrN3OS. The predicted octanol–water partition coefficient (Wildman–Crippen LogP) is 6.11. The van der Waals surface area contributed by atoms with Crippen molar-refractivity contribution in [3.8, 4) is 5.69 Å². The van der Waals surface area contributed by atoms with Crippen molar-refractivity contribution in [2.45, 2.75) is 39.0 Å². The van der Waals surface area contributed by atoms with Crippen LogP contribution < -0.4 is 5.43 Å². The maximum atomic E-state index is 12.1. The number of benzene rings is 2. The molecule has 0 fully saturated rings. The number of amides is 1. The van der Waals surface area contributed by atoms with Crippen molar-refractivity contribution in [2.75, 3.05) is 5.75 Å². The summed E-state index contributed by atoms with van der Waals surface area (Å²) in [5.41, 5.74) is 9.40. The second-order valence-corrected chi connectivity index (χ2v) is 9.19. The van der Waals surface area contributed by atoms with Crippen LogP contribution in [-0.2, 0) is 4.79 Å². The lowest BCUT2D eigenvalue weighted by Gasteiger charge is -2.13. The lowest BCUT2D eigenvalue weighted by molar-refractivity contribution is -0.120. The molecule has 30 heavy (non-hydrogen) atoms. The molecule has 3 aromatic rings. The SMILES string of the molecule is Cc1ccc(-n2c(C)c(Br)c(/C=N\NC(=O)CCSc3ccccc3)c2C)c(C)c1. The van der Waals surface area contributed by atoms with Gasteiger partial charge in [-0.2, -0.15) is 5.10 Å². The van der Waals surface area contributed by atoms with Crippen LogP contribution in [-0.4, -0.2) is 22.4 Å². The molecule has 1 aromatic heterocycles. The first-order valence-electron chi connectivity index (χ1n) is 9.83. The molecule has 0 aliphatic carbocycles. The van der Waals surface area contributed by atoms with Gasteiger partial charge in [-0.25, -0.2) is 5.43 Å². The Kier molecular flexibility index (Phi) is 7.56. The Morgan fingerprint density at radius 1 is 1.10 bits per heavy atom. The summed E-state index contributed by atoms with van der Waals surface area (Å²) in [6.07, 6.45) is 2.13. The maximum absolute atomic E-state index is 12.1. The summed E-state index contributed by atoms with van der Waals surface area (Å²) in [5.74, 6) is 0.630. The second-order valence-electron chi connectivity index (χ2n) is 7.23. The average molecular weight is 484 g/mol. The quantitative estimate of drug-likeness (QED) is 0.250. The van der Waals surface area contributed by atoms with E-state index in [-0.39, 0.29) is 5.91 Å². The van der Waals surface area contributed by atoms with Gasteiger partial charge in [0.05, 0.1) is 6.21 Å². The van der Waals surface area contributed by atoms with Crippen LogP contribution in [0.25, 0.3) is 5.69 Å². The number of aryl methyl sites for hydroxylation is 2. The normalized spacial score (nSPS) is 11.2. The van der Waals surface area contributed by atoms with Crippen LogP contribution in [0.15, 0.2) is 63.0 Å². The number of halogens is 1. The van der Waals surface area contributed by atoms with Crippen LogP contribution >= 0.6 is 27.7 Å². The number of hydrogen-bond acceptors (Lipinski definition) is 3. The molecule has 4 nitrogen and oxygen atoms in total. The first-order valence-corrected chi connectivity index (χ1v) is 11.6. The van der Waals surface area contributed by atoms with Gasteiger partial charge >= 0.3 is 0 Å². The van der Waals surface area contributed by atoms with E-state index in [1.165, 1.54) is 11.1 Å². The van der Waals surface area contributed by atoms with Gasteiger partial charge in [-0.15, -0.1) is 11.8 Å². The molecule has 6 heteroatoms. The van der Waals surface area contributed by atoms with Crippen LogP contribution in [0.3, 0.4) is 0 Å². The third-order valence-corrected chi connectivity index (χ3v) is 6.95. The van der Waals surface area contributed by atoms with Gasteiger partial charge < -0.3 is 4.57 Å². The Hall–Kier alpha value is -2.31. The molecule has 0 spiro atoms. The number of carbonyl (C=O) groups is 1. The van der Waals surface area contributed by atoms with Crippen molar-refractivity contribution >= 4 is 39.8 Å². The molecular weight excluding hydrogens is 458 g/mol. The predicted molar refractivity (Wildman–Crippen MR) is 130 cm³/mol. The largest absolute Gasteiger partial charge is 0.316 e. The molecule has 0 saturated heterocycles. The minimum Gasteiger partial charge on any atom is -0.316 e. The van der Waals surface area contributed by atoms with Crippen LogP contribution in [0.2, 0.25) is 0 Å². The Balaban J connectivity index is 1.66. The number of rotatable bonds is 7. The number of aromatic nitrogens is 1. The molecule has 1 heterocycles. The van der Waals surface area contributed by atoms with E-state index >= 15 is 0 Å². The molecule has 156 valence electrons. The molecule has 0 aliphatic rings. The van der Waals surface area contributed by atoms with Crippen LogP contribution in [0.1, 0.15) is 34.5 Å². The molecule has 0 radical (unpaired) electrons. The van der Waals surface area contributed by atoms with E-state index < -0.39 is 0 Å². The third kappa shape index (κ3) is 5.24. The minimum absolute atomic E-state index is 0.0889. The third-order valence-electron chi connectivity index (χ3n) is 4.93. The van der Waals surface area contributed by atoms with Gasteiger partial charge in [0, 0.05) is 44.2 Å². The van der Waals surface area contributed by atoms with Crippen LogP contribution in [0.5, 0.6) is 0 Å². The first-order chi connectivity index (χ1) is 14.4. The van der Waals surface area contributed by atoms with Crippen LogP contribution in [0, 0.1) is 27.7 Å². The summed E-state index contributed by atoms with van der Waals surface area (Å²) in [7, 11) is 0. The molecule has 1 N–H and O–H groups in total. The fourth-order valence-corrected chi connectivity index (χ4v) is 4.83. The highest BCUT2D eigenvalue weighted by Crippen LogP contribution is 2.31. The Morgan fingerprint density at radius 2 is 1.83 bits per heavy atom. The number of nitrogens with zero attached hydrogens (tertiary/aromatic N) is 2. The average Bonchev–Trinajstić information content (AvgIpc) is 2.92. The van der Waals surface area contributed by atoms with Gasteiger partial charge in [0.25, 0.3) is 0 Å². The van der Waals surface area contributed by atoms with E-state index in [9.17, 15) is 4.79 Å². The number of hydrogen-bond donors (Lipinski definition) is 1. The van der Waals surface area contributed by atoms with E-state index in [0.717, 1.165) is 37.8 Å². The lowest BCUT2D eigenvalue weighted by Crippen LogP contribution is -2.17. The smallest absolute Gasteiger partial charge is 0.240 e. The van der Waals surface area contributed by atoms with Gasteiger partial charge in [0.1, 0.15) is 0 Å². The molecule has 0 aliphatic heterocycles. The molecule has 1 amide bonds. The van der Waals surface area contributed by atoms with Gasteiger partial charge in [0.2, 0.25) is 5.91 Å². The van der Waals surface area contributed by atoms with Crippen molar-refractivity contribution in [3.63, 3.8) is 0 Å². The molecule has 0 bridgehead atoms. The zero-order valence-corrected chi connectivity index (χ0v) is 20.1. The van der Waals surface area contributed by atoms with E-state index in [4.69, 9.17) is 0 Å². The van der Waals surface area contributed by atoms with Crippen molar-refractivity contribution in [1.29, 1.82) is 0 Å². The number of hydrazone groups is 1. The Labute approximate surface area is 190 Å². The molecule has 2 aromatic carbocycles. The summed E-state index contributed by atoms with van der Waals surface area (Å²) in [5, 5.41) is 4.20. The lowest BCUT2D eigenvalue weighted by atomic mass is 10.1. The summed E-state index contributed by atoms with van der Waals surface area (Å²) in [6, 6.07) is 16.5. The highest BCUT2D eigenvalue weighted by molar-refractivity contribution is 9.10. The number of nitrogens with one attached hydrogen (secondary N) is 1. The van der Waals surface area contributed by atoms with Crippen LogP contribution in [0.4, 0.5) is 0 Å². The highest BCUT2D eigenvalue weighted by atomic mass is 79.9. The van der Waals surface area contributed by atoms with E-state index in [1.807, 2.05) is 30.3 Å². The number of thioether (sulfide) groups is 1. The first kappa shape index (κ1) is 22.4. The van der Waals surface area contributed by atoms with Gasteiger partial charge in [-0.3, -0.25) is 4.79 Å². The monoisotopic (exact) mass is 483 g/mol. The summed E-state index contributed by atoms with van der Waals surface area (Å²) in [4.78, 5) is 13.3. The molecule has 0 unspecified atom stereocenters. The molecule has 3 rings (SSSR count). The van der Waals surface area contributed by atoms with E-state index in [2.05, 4.69) is 76.9 Å². The summed E-state index contributed by atoms with van der Waals surface area (Å²) in [6.45, 7) is 8.36. The zero-order valence-electron chi connectivity index (χ0n) is 17.7. The Morgan fingerprint density at radius 3 is 2.53 bits per heavy atom. The summed E-state index contributed by atoms with van der Waals surface area (Å²) < 4.78 is 3.20. The minimum atomic E-state index is -0.0889. The fraction of sp³-hybridized carbons (Fsp3) is 0.250. The fourth-order valence-electron chi connectivity index (χ4n) is 3.39. The van der Waals surface area contributed by atoms with Gasteiger partial charge in [-0.1, -0.05) is 35.9 Å². The maximum Gasteiger partial charge on any atom is 0.240 e. The Bertz CT molecular complexity index is 1070. The van der Waals surface area contributed by atoms with Crippen molar-refractivity contribution in [3.05, 3.63) is 81.1 Å². The topological polar surface area (TPSA) is 46.4 Å². The number of carbonyl (C=O) groups excluding carboxylic acids is 1. The molecule has 0 atom stereocenters. The molecule has 0 saturated carbocycles. The zero-order chi connectivity index (χ0) is 21.7. The highest BCUT2D eigenvalue weighted by Gasteiger charge is 2.17. The summed E-state index contributed by atoms with van der Waals surface area (Å²) >= 11 is 5.36. The second kappa shape index (κ2) is 10.1. The van der Waals surface area contributed by atoms with Gasteiger partial charge in [-0.05, 0) is 67.4 Å². The van der Waals surface area contributed by atoms with E-state index in [1.54, 1.807) is 18.0 Å². The van der Waals surface area contributed by atoms with Crippen molar-refractivity contribution < 1.29 is 4.79 Å².